The topological polar surface area (TPSA) is 61.0 Å². The molecule has 5 heteroatoms. The Kier molecular flexibility index (Phi) is 2.80. The van der Waals surface area contributed by atoms with Gasteiger partial charge in [-0.3, -0.25) is 0 Å². The number of hydrogen-bond donors (Lipinski definition) is 1. The van der Waals surface area contributed by atoms with Crippen LogP contribution >= 0.6 is 11.5 Å². The Bertz CT molecular complexity index is 290. The van der Waals surface area contributed by atoms with Gasteiger partial charge in [-0.05, 0) is 24.9 Å². The van der Waals surface area contributed by atoms with E-state index in [0.29, 0.717) is 6.54 Å². The van der Waals surface area contributed by atoms with E-state index in [1.54, 1.807) is 0 Å². The fourth-order valence-corrected chi connectivity index (χ4v) is 2.46. The Balaban J connectivity index is 2.13. The summed E-state index contributed by atoms with van der Waals surface area (Å²) in [6, 6.07) is 0. The lowest BCUT2D eigenvalue weighted by molar-refractivity contribution is 0.0669. The standard InChI is InChI=1S/C9H15N3OS/c1-7-9(6-10,2-3-13-7)4-8-5-14-12-11-8/h5,7H,2-4,6,10H2,1H3. The van der Waals surface area contributed by atoms with Crippen LogP contribution in [-0.2, 0) is 11.2 Å². The van der Waals surface area contributed by atoms with Crippen LogP contribution in [0, 0.1) is 5.41 Å². The summed E-state index contributed by atoms with van der Waals surface area (Å²) in [5.41, 5.74) is 6.97. The van der Waals surface area contributed by atoms with Crippen LogP contribution in [-0.4, -0.2) is 28.8 Å². The summed E-state index contributed by atoms with van der Waals surface area (Å²) in [6.45, 7) is 3.57. The zero-order chi connectivity index (χ0) is 10.0. The lowest BCUT2D eigenvalue weighted by Gasteiger charge is -2.29. The molecule has 0 aliphatic carbocycles. The maximum atomic E-state index is 5.85. The lowest BCUT2D eigenvalue weighted by atomic mass is 9.78. The first-order valence-corrected chi connectivity index (χ1v) is 5.68. The van der Waals surface area contributed by atoms with Gasteiger partial charge in [0.1, 0.15) is 0 Å². The first-order chi connectivity index (χ1) is 6.77. The minimum Gasteiger partial charge on any atom is -0.378 e. The van der Waals surface area contributed by atoms with Gasteiger partial charge in [0.2, 0.25) is 0 Å². The Morgan fingerprint density at radius 2 is 2.64 bits per heavy atom. The largest absolute Gasteiger partial charge is 0.378 e. The number of aromatic nitrogens is 2. The van der Waals surface area contributed by atoms with Gasteiger partial charge in [-0.15, -0.1) is 5.10 Å². The maximum absolute atomic E-state index is 5.85. The van der Waals surface area contributed by atoms with Gasteiger partial charge in [-0.2, -0.15) is 0 Å². The van der Waals surface area contributed by atoms with Gasteiger partial charge in [0.15, 0.2) is 0 Å². The molecule has 2 rings (SSSR count). The van der Waals surface area contributed by atoms with E-state index in [4.69, 9.17) is 10.5 Å². The van der Waals surface area contributed by atoms with E-state index in [1.165, 1.54) is 11.5 Å². The molecule has 0 saturated carbocycles. The molecule has 0 amide bonds. The minimum atomic E-state index is 0.0791. The Labute approximate surface area is 87.6 Å². The molecule has 1 aliphatic heterocycles. The molecule has 78 valence electrons. The number of nitrogens with two attached hydrogens (primary N) is 1. The summed E-state index contributed by atoms with van der Waals surface area (Å²) < 4.78 is 9.45. The van der Waals surface area contributed by atoms with E-state index < -0.39 is 0 Å². The van der Waals surface area contributed by atoms with Crippen LogP contribution in [0.25, 0.3) is 0 Å². The summed E-state index contributed by atoms with van der Waals surface area (Å²) in [7, 11) is 0. The van der Waals surface area contributed by atoms with E-state index in [0.717, 1.165) is 25.1 Å². The summed E-state index contributed by atoms with van der Waals surface area (Å²) in [6.07, 6.45) is 2.15. The normalized spacial score (nSPS) is 32.3. The Morgan fingerprint density at radius 1 is 1.79 bits per heavy atom. The fourth-order valence-electron chi connectivity index (χ4n) is 2.01. The molecule has 0 radical (unpaired) electrons. The molecule has 1 aromatic heterocycles. The van der Waals surface area contributed by atoms with Gasteiger partial charge in [-0.1, -0.05) is 4.49 Å². The van der Waals surface area contributed by atoms with Crippen molar-refractivity contribution in [3.63, 3.8) is 0 Å². The van der Waals surface area contributed by atoms with Crippen LogP contribution in [0.3, 0.4) is 0 Å². The van der Waals surface area contributed by atoms with Crippen LogP contribution in [0.4, 0.5) is 0 Å². The predicted octanol–water partition coefficient (Wildman–Crippen LogP) is 0.835. The van der Waals surface area contributed by atoms with Crippen molar-refractivity contribution in [2.45, 2.75) is 25.9 Å². The first kappa shape index (κ1) is 10.0. The first-order valence-electron chi connectivity index (χ1n) is 4.84. The molecule has 1 fully saturated rings. The summed E-state index contributed by atoms with van der Waals surface area (Å²) in [5.74, 6) is 0. The van der Waals surface area contributed by atoms with Crippen molar-refractivity contribution in [1.82, 2.24) is 9.59 Å². The molecule has 1 aromatic rings. The highest BCUT2D eigenvalue weighted by Crippen LogP contribution is 2.36. The number of hydrogen-bond acceptors (Lipinski definition) is 5. The van der Waals surface area contributed by atoms with Gasteiger partial charge in [-0.25, -0.2) is 0 Å². The van der Waals surface area contributed by atoms with Crippen molar-refractivity contribution in [3.8, 4) is 0 Å². The SMILES string of the molecule is CC1OCCC1(CN)Cc1csnn1. The maximum Gasteiger partial charge on any atom is 0.0762 e. The average molecular weight is 213 g/mol. The highest BCUT2D eigenvalue weighted by Gasteiger charge is 2.40. The van der Waals surface area contributed by atoms with Gasteiger partial charge in [0.05, 0.1) is 11.8 Å². The number of nitrogens with zero attached hydrogens (tertiary/aromatic N) is 2. The van der Waals surface area contributed by atoms with Crippen LogP contribution in [0.1, 0.15) is 19.0 Å². The third-order valence-corrected chi connectivity index (χ3v) is 3.73. The quantitative estimate of drug-likeness (QED) is 0.808. The molecule has 2 unspecified atom stereocenters. The predicted molar refractivity (Wildman–Crippen MR) is 55.1 cm³/mol. The van der Waals surface area contributed by atoms with E-state index in [9.17, 15) is 0 Å². The van der Waals surface area contributed by atoms with Gasteiger partial charge in [0, 0.05) is 30.4 Å². The van der Waals surface area contributed by atoms with Gasteiger partial charge < -0.3 is 10.5 Å². The summed E-state index contributed by atoms with van der Waals surface area (Å²) in [4.78, 5) is 0. The molecule has 1 saturated heterocycles. The highest BCUT2D eigenvalue weighted by molar-refractivity contribution is 7.03. The van der Waals surface area contributed by atoms with E-state index >= 15 is 0 Å². The Morgan fingerprint density at radius 3 is 3.14 bits per heavy atom. The minimum absolute atomic E-state index is 0.0791. The molecule has 2 heterocycles. The van der Waals surface area contributed by atoms with Crippen LogP contribution in [0.2, 0.25) is 0 Å². The monoisotopic (exact) mass is 213 g/mol. The van der Waals surface area contributed by atoms with Crippen LogP contribution < -0.4 is 5.73 Å². The average Bonchev–Trinajstić information content (AvgIpc) is 2.79. The molecule has 2 atom stereocenters. The lowest BCUT2D eigenvalue weighted by Crippen LogP contribution is -2.38. The summed E-state index contributed by atoms with van der Waals surface area (Å²) >= 11 is 1.39. The molecule has 0 bridgehead atoms. The molecular formula is C9H15N3OS. The van der Waals surface area contributed by atoms with Crippen LogP contribution in [0.5, 0.6) is 0 Å². The highest BCUT2D eigenvalue weighted by atomic mass is 32.1. The van der Waals surface area contributed by atoms with Crippen molar-refractivity contribution in [1.29, 1.82) is 0 Å². The number of ether oxygens (including phenoxy) is 1. The van der Waals surface area contributed by atoms with E-state index in [1.807, 2.05) is 5.38 Å². The molecular weight excluding hydrogens is 198 g/mol. The van der Waals surface area contributed by atoms with Crippen LogP contribution in [0.15, 0.2) is 5.38 Å². The molecule has 14 heavy (non-hydrogen) atoms. The second kappa shape index (κ2) is 3.92. The third-order valence-electron chi connectivity index (χ3n) is 3.18. The van der Waals surface area contributed by atoms with Crippen molar-refractivity contribution in [2.24, 2.45) is 11.1 Å². The van der Waals surface area contributed by atoms with E-state index in [2.05, 4.69) is 16.5 Å². The zero-order valence-corrected chi connectivity index (χ0v) is 9.09. The molecule has 4 nitrogen and oxygen atoms in total. The Hall–Kier alpha value is -0.520. The third kappa shape index (κ3) is 1.67. The van der Waals surface area contributed by atoms with Crippen molar-refractivity contribution < 1.29 is 4.74 Å². The van der Waals surface area contributed by atoms with Crippen molar-refractivity contribution >= 4 is 11.5 Å². The second-order valence-corrected chi connectivity index (χ2v) is 4.51. The van der Waals surface area contributed by atoms with E-state index in [-0.39, 0.29) is 11.5 Å². The van der Waals surface area contributed by atoms with Crippen molar-refractivity contribution in [2.75, 3.05) is 13.2 Å². The zero-order valence-electron chi connectivity index (χ0n) is 8.27. The number of rotatable bonds is 3. The van der Waals surface area contributed by atoms with Crippen molar-refractivity contribution in [3.05, 3.63) is 11.1 Å². The van der Waals surface area contributed by atoms with Gasteiger partial charge in [0.25, 0.3) is 0 Å². The van der Waals surface area contributed by atoms with Gasteiger partial charge >= 0.3 is 0 Å². The smallest absolute Gasteiger partial charge is 0.0762 e. The molecule has 0 spiro atoms. The molecule has 0 aromatic carbocycles. The summed E-state index contributed by atoms with van der Waals surface area (Å²) in [5, 5.41) is 6.05. The molecule has 2 N–H and O–H groups in total. The second-order valence-electron chi connectivity index (χ2n) is 3.90. The molecule has 1 aliphatic rings. The fraction of sp³-hybridized carbons (Fsp3) is 0.778.